The van der Waals surface area contributed by atoms with E-state index >= 15 is 0 Å². The second kappa shape index (κ2) is 15.4. The van der Waals surface area contributed by atoms with Crippen molar-refractivity contribution in [3.8, 4) is 22.5 Å². The minimum absolute atomic E-state index is 0.0529. The number of carbonyl (C=O) groups excluding carboxylic acids is 1. The molecule has 238 valence electrons. The van der Waals surface area contributed by atoms with Gasteiger partial charge in [0.1, 0.15) is 6.29 Å². The zero-order chi connectivity index (χ0) is 31.9. The number of nitrogens with one attached hydrogen (secondary N) is 1. The van der Waals surface area contributed by atoms with Gasteiger partial charge in [0, 0.05) is 65.1 Å². The first-order valence-corrected chi connectivity index (χ1v) is 17.4. The summed E-state index contributed by atoms with van der Waals surface area (Å²) >= 11 is 1.78. The Morgan fingerprint density at radius 3 is 2.66 bits per heavy atom. The van der Waals surface area contributed by atoms with Crippen molar-refractivity contribution >= 4 is 28.5 Å². The summed E-state index contributed by atoms with van der Waals surface area (Å²) in [6.45, 7) is 14.3. The topological polar surface area (TPSA) is 85.8 Å². The van der Waals surface area contributed by atoms with Gasteiger partial charge in [-0.25, -0.2) is 4.98 Å². The normalized spacial score (nSPS) is 14.2. The van der Waals surface area contributed by atoms with Crippen LogP contribution in [0.2, 0.25) is 0 Å². The molecule has 0 saturated heterocycles. The number of pyridine rings is 1. The minimum Gasteiger partial charge on any atom is -0.340 e. The highest BCUT2D eigenvalue weighted by Crippen LogP contribution is 2.42. The van der Waals surface area contributed by atoms with Crippen molar-refractivity contribution in [3.05, 3.63) is 58.2 Å². The number of fused-ring (bicyclic) bond motifs is 1. The van der Waals surface area contributed by atoms with Gasteiger partial charge in [-0.05, 0) is 87.7 Å². The van der Waals surface area contributed by atoms with Crippen molar-refractivity contribution in [1.29, 1.82) is 0 Å². The summed E-state index contributed by atoms with van der Waals surface area (Å²) < 4.78 is 2.43. The maximum atomic E-state index is 11.3. The number of thiazole rings is 1. The van der Waals surface area contributed by atoms with Crippen LogP contribution in [0.1, 0.15) is 102 Å². The van der Waals surface area contributed by atoms with E-state index in [0.29, 0.717) is 18.4 Å². The van der Waals surface area contributed by atoms with Gasteiger partial charge in [-0.15, -0.1) is 11.3 Å². The zero-order valence-electron chi connectivity index (χ0n) is 28.0. The predicted octanol–water partition coefficient (Wildman–Crippen LogP) is 8.76. The van der Waals surface area contributed by atoms with Gasteiger partial charge in [-0.1, -0.05) is 46.6 Å². The van der Waals surface area contributed by atoms with E-state index in [2.05, 4.69) is 81.1 Å². The molecule has 0 bridgehead atoms. The summed E-state index contributed by atoms with van der Waals surface area (Å²) in [5.41, 5.74) is 14.5. The predicted molar refractivity (Wildman–Crippen MR) is 187 cm³/mol. The van der Waals surface area contributed by atoms with E-state index < -0.39 is 0 Å². The quantitative estimate of drug-likeness (QED) is 0.116. The van der Waals surface area contributed by atoms with Crippen LogP contribution in [0.15, 0.2) is 41.9 Å². The van der Waals surface area contributed by atoms with Gasteiger partial charge in [0.2, 0.25) is 0 Å². The molecule has 1 aromatic carbocycles. The van der Waals surface area contributed by atoms with Crippen LogP contribution in [0.5, 0.6) is 0 Å². The fourth-order valence-corrected chi connectivity index (χ4v) is 7.34. The molecule has 3 heterocycles. The van der Waals surface area contributed by atoms with Gasteiger partial charge in [0.15, 0.2) is 0 Å². The summed E-state index contributed by atoms with van der Waals surface area (Å²) in [4.78, 5) is 21.2. The van der Waals surface area contributed by atoms with Crippen LogP contribution in [-0.2, 0) is 24.2 Å². The molecule has 0 radical (unpaired) electrons. The fourth-order valence-electron chi connectivity index (χ4n) is 6.38. The number of aromatic nitrogens is 3. The Hall–Kier alpha value is -2.87. The van der Waals surface area contributed by atoms with Crippen LogP contribution in [0.25, 0.3) is 33.4 Å². The largest absolute Gasteiger partial charge is 0.340 e. The summed E-state index contributed by atoms with van der Waals surface area (Å²) in [5, 5.41) is 8.02. The molecular weight excluding hydrogens is 563 g/mol. The molecule has 0 fully saturated rings. The van der Waals surface area contributed by atoms with Gasteiger partial charge in [-0.3, -0.25) is 4.98 Å². The highest BCUT2D eigenvalue weighted by molar-refractivity contribution is 7.09. The average Bonchev–Trinajstić information content (AvgIpc) is 3.61. The summed E-state index contributed by atoms with van der Waals surface area (Å²) in [7, 11) is 2.04. The number of carbonyl (C=O) groups is 1. The van der Waals surface area contributed by atoms with Gasteiger partial charge in [-0.2, -0.15) is 0 Å². The number of hydrogen-bond donors (Lipinski definition) is 2. The molecule has 3 N–H and O–H groups in total. The van der Waals surface area contributed by atoms with E-state index in [9.17, 15) is 4.79 Å². The van der Waals surface area contributed by atoms with E-state index in [0.717, 1.165) is 61.0 Å². The van der Waals surface area contributed by atoms with Gasteiger partial charge < -0.3 is 20.4 Å². The second-order valence-corrected chi connectivity index (χ2v) is 14.3. The molecule has 6 nitrogen and oxygen atoms in total. The lowest BCUT2D eigenvalue weighted by Gasteiger charge is -2.25. The smallest absolute Gasteiger partial charge is 0.120 e. The Morgan fingerprint density at radius 1 is 1.16 bits per heavy atom. The first-order chi connectivity index (χ1) is 21.1. The first kappa shape index (κ1) is 34.0. The molecule has 3 aromatic heterocycles. The maximum Gasteiger partial charge on any atom is 0.120 e. The third-order valence-corrected chi connectivity index (χ3v) is 10.0. The molecule has 3 unspecified atom stereocenters. The van der Waals surface area contributed by atoms with E-state index in [4.69, 9.17) is 15.7 Å². The van der Waals surface area contributed by atoms with Crippen molar-refractivity contribution in [1.82, 2.24) is 19.9 Å². The average molecular weight is 616 g/mol. The van der Waals surface area contributed by atoms with Gasteiger partial charge in [0.05, 0.1) is 22.1 Å². The van der Waals surface area contributed by atoms with Crippen molar-refractivity contribution < 1.29 is 4.79 Å². The highest BCUT2D eigenvalue weighted by Gasteiger charge is 2.28. The maximum absolute atomic E-state index is 11.3. The Balaban J connectivity index is 1.76. The fraction of sp³-hybridized carbons (Fsp3) is 0.541. The number of benzene rings is 1. The van der Waals surface area contributed by atoms with Crippen LogP contribution in [0.3, 0.4) is 0 Å². The van der Waals surface area contributed by atoms with Crippen molar-refractivity contribution in [2.75, 3.05) is 7.05 Å². The number of nitrogens with two attached hydrogens (primary N) is 1. The number of aryl methyl sites for hydroxylation is 1. The van der Waals surface area contributed by atoms with Crippen LogP contribution in [0.4, 0.5) is 0 Å². The number of aldehydes is 1. The molecule has 0 spiro atoms. The number of hydrogen-bond acceptors (Lipinski definition) is 6. The number of nitrogens with zero attached hydrogens (tertiary/aromatic N) is 3. The van der Waals surface area contributed by atoms with E-state index in [1.807, 2.05) is 19.3 Å². The van der Waals surface area contributed by atoms with Crippen LogP contribution < -0.4 is 11.1 Å². The summed E-state index contributed by atoms with van der Waals surface area (Å²) in [6.07, 6.45) is 10.7. The molecule has 44 heavy (non-hydrogen) atoms. The van der Waals surface area contributed by atoms with E-state index in [1.54, 1.807) is 11.3 Å². The Labute approximate surface area is 268 Å². The van der Waals surface area contributed by atoms with Gasteiger partial charge >= 0.3 is 0 Å². The molecule has 4 rings (SSSR count). The molecule has 0 amide bonds. The Kier molecular flexibility index (Phi) is 11.9. The van der Waals surface area contributed by atoms with E-state index in [1.165, 1.54) is 46.4 Å². The Bertz CT molecular complexity index is 1520. The van der Waals surface area contributed by atoms with Crippen molar-refractivity contribution in [2.24, 2.45) is 17.1 Å². The van der Waals surface area contributed by atoms with Crippen molar-refractivity contribution in [3.63, 3.8) is 0 Å². The molecule has 0 saturated carbocycles. The molecule has 0 aliphatic carbocycles. The molecule has 7 heteroatoms. The monoisotopic (exact) mass is 615 g/mol. The summed E-state index contributed by atoms with van der Waals surface area (Å²) in [5.74, 6) is 0.616. The molecular formula is C37H53N5OS. The molecule has 3 atom stereocenters. The third-order valence-electron chi connectivity index (χ3n) is 9.16. The molecule has 4 aromatic rings. The SMILES string of the molecule is CCC(N)c1ncccc1-c1c(CC(C)(C)CCC=O)c2cc(-c3csc(CC(C)CCCC(C)NC)n3)ccc2n1CC. The minimum atomic E-state index is -0.136. The van der Waals surface area contributed by atoms with Crippen LogP contribution in [0, 0.1) is 11.3 Å². The van der Waals surface area contributed by atoms with Gasteiger partial charge in [0.25, 0.3) is 0 Å². The Morgan fingerprint density at radius 2 is 1.95 bits per heavy atom. The zero-order valence-corrected chi connectivity index (χ0v) is 28.8. The third kappa shape index (κ3) is 8.04. The molecule has 0 aliphatic rings. The van der Waals surface area contributed by atoms with E-state index in [-0.39, 0.29) is 11.5 Å². The standard InChI is InChI=1S/C37H53N5OS/c1-8-31(38)35-28(15-11-19-40-35)36-30(23-37(5,6)18-12-20-43)29-22-27(16-17-33(29)42(36)9-2)32-24-44-34(41-32)21-25(3)13-10-14-26(4)39-7/h11,15-17,19-20,22,24-26,31,39H,8-10,12-14,18,21,23,38H2,1-7H3. The highest BCUT2D eigenvalue weighted by atomic mass is 32.1. The second-order valence-electron chi connectivity index (χ2n) is 13.4. The van der Waals surface area contributed by atoms with Crippen LogP contribution in [-0.4, -0.2) is 33.9 Å². The lowest BCUT2D eigenvalue weighted by molar-refractivity contribution is -0.108. The first-order valence-electron chi connectivity index (χ1n) is 16.5. The lowest BCUT2D eigenvalue weighted by Crippen LogP contribution is -2.20. The van der Waals surface area contributed by atoms with Crippen molar-refractivity contribution in [2.45, 2.75) is 112 Å². The number of rotatable bonds is 17. The summed E-state index contributed by atoms with van der Waals surface area (Å²) in [6, 6.07) is 11.5. The molecule has 0 aliphatic heterocycles. The van der Waals surface area contributed by atoms with Crippen LogP contribution >= 0.6 is 11.3 Å². The lowest BCUT2D eigenvalue weighted by atomic mass is 9.80.